The van der Waals surface area contributed by atoms with Crippen LogP contribution in [-0.2, 0) is 4.74 Å². The molecule has 0 heterocycles. The Hall–Kier alpha value is -1.91. The van der Waals surface area contributed by atoms with Crippen LogP contribution in [0.3, 0.4) is 0 Å². The number of anilines is 2. The smallest absolute Gasteiger partial charge is 0.342 e. The Morgan fingerprint density at radius 3 is 1.72 bits per heavy atom. The zero-order valence-corrected chi connectivity index (χ0v) is 11.8. The van der Waals surface area contributed by atoms with Crippen LogP contribution in [0.5, 0.6) is 5.75 Å². The molecule has 0 bridgehead atoms. The largest absolute Gasteiger partial charge is 0.497 e. The van der Waals surface area contributed by atoms with Crippen LogP contribution < -0.4 is 14.5 Å². The van der Waals surface area contributed by atoms with E-state index in [-0.39, 0.29) is 5.97 Å². The standard InChI is InChI=1S/C13H20N2O3/c1-14(2)10-7-9(17-5)8-11(15(3)4)12(10)13(16)18-6/h7-8H,1-6H3. The minimum absolute atomic E-state index is 0.356. The summed E-state index contributed by atoms with van der Waals surface area (Å²) in [5.41, 5.74) is 2.07. The summed E-state index contributed by atoms with van der Waals surface area (Å²) < 4.78 is 10.1. The molecule has 0 fully saturated rings. The first-order valence-electron chi connectivity index (χ1n) is 5.57. The number of carbonyl (C=O) groups is 1. The minimum atomic E-state index is -0.356. The number of hydrogen-bond acceptors (Lipinski definition) is 5. The molecule has 0 saturated heterocycles. The van der Waals surface area contributed by atoms with Crippen LogP contribution in [-0.4, -0.2) is 48.4 Å². The Labute approximate surface area is 108 Å². The summed E-state index contributed by atoms with van der Waals surface area (Å²) in [5, 5.41) is 0. The lowest BCUT2D eigenvalue weighted by Crippen LogP contribution is -2.20. The third-order valence-corrected chi connectivity index (χ3v) is 2.66. The zero-order valence-electron chi connectivity index (χ0n) is 11.8. The van der Waals surface area contributed by atoms with Crippen LogP contribution in [0, 0.1) is 0 Å². The van der Waals surface area contributed by atoms with Crippen molar-refractivity contribution in [1.29, 1.82) is 0 Å². The molecule has 0 aliphatic carbocycles. The molecular weight excluding hydrogens is 232 g/mol. The van der Waals surface area contributed by atoms with Gasteiger partial charge in [0, 0.05) is 40.3 Å². The van der Waals surface area contributed by atoms with Crippen molar-refractivity contribution in [1.82, 2.24) is 0 Å². The third kappa shape index (κ3) is 2.67. The van der Waals surface area contributed by atoms with Gasteiger partial charge in [-0.25, -0.2) is 4.79 Å². The molecule has 1 rings (SSSR count). The average molecular weight is 252 g/mol. The second kappa shape index (κ2) is 5.62. The maximum absolute atomic E-state index is 11.9. The van der Waals surface area contributed by atoms with Crippen molar-refractivity contribution in [2.24, 2.45) is 0 Å². The maximum Gasteiger partial charge on any atom is 0.342 e. The first-order chi connectivity index (χ1) is 8.42. The van der Waals surface area contributed by atoms with Crippen LogP contribution in [0.25, 0.3) is 0 Å². The lowest BCUT2D eigenvalue weighted by molar-refractivity contribution is 0.0602. The second-order valence-electron chi connectivity index (χ2n) is 4.32. The Kier molecular flexibility index (Phi) is 4.42. The topological polar surface area (TPSA) is 42.0 Å². The predicted molar refractivity (Wildman–Crippen MR) is 73.0 cm³/mol. The van der Waals surface area contributed by atoms with Crippen LogP contribution in [0.2, 0.25) is 0 Å². The highest BCUT2D eigenvalue weighted by Gasteiger charge is 2.21. The highest BCUT2D eigenvalue weighted by atomic mass is 16.5. The van der Waals surface area contributed by atoms with Gasteiger partial charge >= 0.3 is 5.97 Å². The van der Waals surface area contributed by atoms with E-state index >= 15 is 0 Å². The van der Waals surface area contributed by atoms with Gasteiger partial charge in [-0.3, -0.25) is 0 Å². The second-order valence-corrected chi connectivity index (χ2v) is 4.32. The van der Waals surface area contributed by atoms with Gasteiger partial charge in [-0.2, -0.15) is 0 Å². The van der Waals surface area contributed by atoms with Gasteiger partial charge in [-0.1, -0.05) is 0 Å². The Bertz CT molecular complexity index is 413. The van der Waals surface area contributed by atoms with E-state index < -0.39 is 0 Å². The minimum Gasteiger partial charge on any atom is -0.497 e. The van der Waals surface area contributed by atoms with E-state index in [0.29, 0.717) is 11.3 Å². The molecule has 18 heavy (non-hydrogen) atoms. The normalized spacial score (nSPS) is 9.89. The molecule has 100 valence electrons. The first-order valence-corrected chi connectivity index (χ1v) is 5.57. The molecular formula is C13H20N2O3. The summed E-state index contributed by atoms with van der Waals surface area (Å²) in [6.07, 6.45) is 0. The fourth-order valence-electron chi connectivity index (χ4n) is 1.72. The Morgan fingerprint density at radius 1 is 1.00 bits per heavy atom. The number of benzene rings is 1. The number of ether oxygens (including phenoxy) is 2. The van der Waals surface area contributed by atoms with Gasteiger partial charge in [0.25, 0.3) is 0 Å². The molecule has 0 aliphatic rings. The number of nitrogens with zero attached hydrogens (tertiary/aromatic N) is 2. The van der Waals surface area contributed by atoms with Gasteiger partial charge < -0.3 is 19.3 Å². The van der Waals surface area contributed by atoms with Crippen LogP contribution >= 0.6 is 0 Å². The van der Waals surface area contributed by atoms with Crippen molar-refractivity contribution in [2.45, 2.75) is 0 Å². The Morgan fingerprint density at radius 2 is 1.44 bits per heavy atom. The summed E-state index contributed by atoms with van der Waals surface area (Å²) in [5.74, 6) is 0.347. The summed E-state index contributed by atoms with van der Waals surface area (Å²) in [4.78, 5) is 15.7. The van der Waals surface area contributed by atoms with Crippen molar-refractivity contribution in [3.63, 3.8) is 0 Å². The van der Waals surface area contributed by atoms with Gasteiger partial charge in [0.15, 0.2) is 0 Å². The van der Waals surface area contributed by atoms with Crippen LogP contribution in [0.1, 0.15) is 10.4 Å². The van der Waals surface area contributed by atoms with Gasteiger partial charge in [0.2, 0.25) is 0 Å². The number of hydrogen-bond donors (Lipinski definition) is 0. The highest BCUT2D eigenvalue weighted by molar-refractivity contribution is 6.02. The highest BCUT2D eigenvalue weighted by Crippen LogP contribution is 2.34. The number of carbonyl (C=O) groups excluding carboxylic acids is 1. The quantitative estimate of drug-likeness (QED) is 0.762. The molecule has 1 aromatic carbocycles. The summed E-state index contributed by atoms with van der Waals surface area (Å²) >= 11 is 0. The summed E-state index contributed by atoms with van der Waals surface area (Å²) in [7, 11) is 10.5. The molecule has 0 unspecified atom stereocenters. The summed E-state index contributed by atoms with van der Waals surface area (Å²) in [6.45, 7) is 0. The maximum atomic E-state index is 11.9. The molecule has 1 aromatic rings. The molecule has 0 saturated carbocycles. The molecule has 0 spiro atoms. The lowest BCUT2D eigenvalue weighted by Gasteiger charge is -2.23. The fraction of sp³-hybridized carbons (Fsp3) is 0.462. The number of esters is 1. The molecule has 0 radical (unpaired) electrons. The number of rotatable bonds is 4. The van der Waals surface area contributed by atoms with Crippen molar-refractivity contribution < 1.29 is 14.3 Å². The van der Waals surface area contributed by atoms with Crippen molar-refractivity contribution in [3.8, 4) is 5.75 Å². The van der Waals surface area contributed by atoms with E-state index in [1.807, 2.05) is 50.1 Å². The molecule has 0 aromatic heterocycles. The van der Waals surface area contributed by atoms with E-state index in [1.54, 1.807) is 7.11 Å². The lowest BCUT2D eigenvalue weighted by atomic mass is 10.1. The molecule has 0 amide bonds. The van der Waals surface area contributed by atoms with Crippen LogP contribution in [0.4, 0.5) is 11.4 Å². The van der Waals surface area contributed by atoms with Gasteiger partial charge in [0.05, 0.1) is 25.6 Å². The van der Waals surface area contributed by atoms with Crippen LogP contribution in [0.15, 0.2) is 12.1 Å². The predicted octanol–water partition coefficient (Wildman–Crippen LogP) is 1.61. The number of methoxy groups -OCH3 is 2. The van der Waals surface area contributed by atoms with E-state index in [4.69, 9.17) is 9.47 Å². The monoisotopic (exact) mass is 252 g/mol. The van der Waals surface area contributed by atoms with Gasteiger partial charge in [-0.15, -0.1) is 0 Å². The van der Waals surface area contributed by atoms with E-state index in [9.17, 15) is 4.79 Å². The molecule has 0 atom stereocenters. The molecule has 5 heteroatoms. The summed E-state index contributed by atoms with van der Waals surface area (Å²) in [6, 6.07) is 3.64. The SMILES string of the molecule is COC(=O)c1c(N(C)C)cc(OC)cc1N(C)C. The van der Waals surface area contributed by atoms with E-state index in [2.05, 4.69) is 0 Å². The molecule has 5 nitrogen and oxygen atoms in total. The Balaban J connectivity index is 3.55. The zero-order chi connectivity index (χ0) is 13.9. The van der Waals surface area contributed by atoms with Crippen molar-refractivity contribution in [2.75, 3.05) is 52.2 Å². The van der Waals surface area contributed by atoms with Gasteiger partial charge in [0.1, 0.15) is 11.3 Å². The molecule has 0 aliphatic heterocycles. The third-order valence-electron chi connectivity index (χ3n) is 2.66. The van der Waals surface area contributed by atoms with E-state index in [0.717, 1.165) is 11.4 Å². The molecule has 0 N–H and O–H groups in total. The first kappa shape index (κ1) is 14.2. The fourth-order valence-corrected chi connectivity index (χ4v) is 1.72. The average Bonchev–Trinajstić information content (AvgIpc) is 2.35. The van der Waals surface area contributed by atoms with Crippen molar-refractivity contribution >= 4 is 17.3 Å². The van der Waals surface area contributed by atoms with Crippen molar-refractivity contribution in [3.05, 3.63) is 17.7 Å². The van der Waals surface area contributed by atoms with Gasteiger partial charge in [-0.05, 0) is 0 Å². The van der Waals surface area contributed by atoms with E-state index in [1.165, 1.54) is 7.11 Å².